The maximum Gasteiger partial charge on any atom is 0.160 e. The summed E-state index contributed by atoms with van der Waals surface area (Å²) in [6, 6.07) is 2.30. The van der Waals surface area contributed by atoms with Crippen LogP contribution in [-0.2, 0) is 0 Å². The lowest BCUT2D eigenvalue weighted by atomic mass is 9.79. The number of alkyl halides is 1. The highest BCUT2D eigenvalue weighted by Crippen LogP contribution is 2.40. The van der Waals surface area contributed by atoms with Gasteiger partial charge in [0.15, 0.2) is 5.65 Å². The van der Waals surface area contributed by atoms with Crippen molar-refractivity contribution in [2.24, 2.45) is 11.8 Å². The van der Waals surface area contributed by atoms with Gasteiger partial charge in [0, 0.05) is 12.2 Å². The van der Waals surface area contributed by atoms with Crippen molar-refractivity contribution < 1.29 is 0 Å². The van der Waals surface area contributed by atoms with E-state index in [0.29, 0.717) is 17.0 Å². The van der Waals surface area contributed by atoms with E-state index in [1.807, 2.05) is 13.0 Å². The maximum absolute atomic E-state index is 6.37. The van der Waals surface area contributed by atoms with E-state index < -0.39 is 0 Å². The summed E-state index contributed by atoms with van der Waals surface area (Å²) >= 11 is 12.4. The molecule has 4 unspecified atom stereocenters. The third-order valence-electron chi connectivity index (χ3n) is 4.60. The van der Waals surface area contributed by atoms with E-state index in [4.69, 9.17) is 23.2 Å². The number of hydrogen-bond acceptors (Lipinski definition) is 2. The molecule has 0 amide bonds. The first-order valence-electron chi connectivity index (χ1n) is 7.64. The number of hydrogen-bond donors (Lipinski definition) is 0. The van der Waals surface area contributed by atoms with E-state index in [-0.39, 0.29) is 5.38 Å². The first kappa shape index (κ1) is 15.1. The predicted octanol–water partition coefficient (Wildman–Crippen LogP) is 5.38. The lowest BCUT2D eigenvalue weighted by Crippen LogP contribution is -2.26. The van der Waals surface area contributed by atoms with E-state index in [9.17, 15) is 0 Å². The largest absolute Gasteiger partial charge is 0.308 e. The molecule has 114 valence electrons. The Morgan fingerprint density at radius 1 is 1.33 bits per heavy atom. The van der Waals surface area contributed by atoms with Gasteiger partial charge in [-0.3, -0.25) is 0 Å². The maximum atomic E-state index is 6.37. The predicted molar refractivity (Wildman–Crippen MR) is 88.0 cm³/mol. The van der Waals surface area contributed by atoms with Crippen molar-refractivity contribution in [3.63, 3.8) is 0 Å². The molecule has 4 atom stereocenters. The molecule has 0 N–H and O–H groups in total. The molecule has 0 aromatic carbocycles. The van der Waals surface area contributed by atoms with Crippen molar-refractivity contribution in [2.75, 3.05) is 0 Å². The highest BCUT2D eigenvalue weighted by atomic mass is 35.5. The minimum absolute atomic E-state index is 0.135. The van der Waals surface area contributed by atoms with Crippen LogP contribution < -0.4 is 0 Å². The average Bonchev–Trinajstić information content (AvgIpc) is 2.77. The molecule has 0 spiro atoms. The van der Waals surface area contributed by atoms with Gasteiger partial charge in [-0.2, -0.15) is 0 Å². The first-order chi connectivity index (χ1) is 9.97. The van der Waals surface area contributed by atoms with Crippen molar-refractivity contribution in [1.29, 1.82) is 0 Å². The number of pyridine rings is 1. The van der Waals surface area contributed by atoms with Crippen molar-refractivity contribution in [2.45, 2.75) is 51.5 Å². The van der Waals surface area contributed by atoms with Gasteiger partial charge in [0.2, 0.25) is 0 Å². The van der Waals surface area contributed by atoms with Crippen LogP contribution in [0.4, 0.5) is 0 Å². The average molecular weight is 326 g/mol. The zero-order valence-corrected chi connectivity index (χ0v) is 14.2. The summed E-state index contributed by atoms with van der Waals surface area (Å²) in [6.07, 6.45) is 5.35. The van der Waals surface area contributed by atoms with Gasteiger partial charge in [-0.15, -0.1) is 11.6 Å². The van der Waals surface area contributed by atoms with Crippen molar-refractivity contribution in [1.82, 2.24) is 14.5 Å². The topological polar surface area (TPSA) is 30.7 Å². The molecular formula is C16H21Cl2N3. The second kappa shape index (κ2) is 5.77. The summed E-state index contributed by atoms with van der Waals surface area (Å²) in [7, 11) is 0. The smallest absolute Gasteiger partial charge is 0.160 e. The first-order valence-corrected chi connectivity index (χ1v) is 8.46. The van der Waals surface area contributed by atoms with Crippen LogP contribution in [0, 0.1) is 11.8 Å². The molecule has 0 radical (unpaired) electrons. The number of nitrogens with zero attached hydrogens (tertiary/aromatic N) is 3. The third-order valence-corrected chi connectivity index (χ3v) is 5.00. The van der Waals surface area contributed by atoms with Crippen molar-refractivity contribution >= 4 is 34.4 Å². The van der Waals surface area contributed by atoms with Crippen molar-refractivity contribution in [3.05, 3.63) is 23.1 Å². The minimum Gasteiger partial charge on any atom is -0.308 e. The molecular weight excluding hydrogens is 305 g/mol. The van der Waals surface area contributed by atoms with Gasteiger partial charge in [0.25, 0.3) is 0 Å². The zero-order valence-electron chi connectivity index (χ0n) is 12.7. The Labute approximate surface area is 135 Å². The Kier molecular flexibility index (Phi) is 4.15. The summed E-state index contributed by atoms with van der Waals surface area (Å²) < 4.78 is 2.26. The quantitative estimate of drug-likeness (QED) is 0.694. The lowest BCUT2D eigenvalue weighted by molar-refractivity contribution is 0.207. The van der Waals surface area contributed by atoms with Gasteiger partial charge in [-0.05, 0) is 44.1 Å². The molecule has 1 saturated carbocycles. The molecule has 0 aliphatic heterocycles. The van der Waals surface area contributed by atoms with Gasteiger partial charge < -0.3 is 4.57 Å². The van der Waals surface area contributed by atoms with E-state index in [1.54, 1.807) is 6.20 Å². The number of aromatic nitrogens is 3. The second-order valence-corrected chi connectivity index (χ2v) is 7.51. The molecule has 2 heterocycles. The van der Waals surface area contributed by atoms with Crippen LogP contribution in [0.25, 0.3) is 11.2 Å². The Morgan fingerprint density at radius 2 is 2.10 bits per heavy atom. The zero-order chi connectivity index (χ0) is 15.1. The second-order valence-electron chi connectivity index (χ2n) is 6.42. The molecule has 2 aromatic heterocycles. The van der Waals surface area contributed by atoms with E-state index in [0.717, 1.165) is 29.3 Å². The van der Waals surface area contributed by atoms with Gasteiger partial charge in [-0.1, -0.05) is 25.4 Å². The third kappa shape index (κ3) is 2.78. The normalized spacial score (nSPS) is 28.0. The fraction of sp³-hybridized carbons (Fsp3) is 0.625. The molecule has 1 aliphatic carbocycles. The molecule has 0 saturated heterocycles. The molecule has 2 aromatic rings. The van der Waals surface area contributed by atoms with Crippen molar-refractivity contribution in [3.8, 4) is 0 Å². The van der Waals surface area contributed by atoms with Crippen LogP contribution in [0.5, 0.6) is 0 Å². The SMILES string of the molecule is CC1CCC(n2c(C(C)Cl)nc3cc(Cl)cnc32)C(C)C1. The van der Waals surface area contributed by atoms with Gasteiger partial charge in [0.05, 0.1) is 10.4 Å². The van der Waals surface area contributed by atoms with Gasteiger partial charge in [0.1, 0.15) is 11.3 Å². The van der Waals surface area contributed by atoms with Crippen LogP contribution in [0.15, 0.2) is 12.3 Å². The molecule has 1 aliphatic rings. The van der Waals surface area contributed by atoms with E-state index in [2.05, 4.69) is 28.4 Å². The summed E-state index contributed by atoms with van der Waals surface area (Å²) in [4.78, 5) is 9.21. The number of rotatable bonds is 2. The Balaban J connectivity index is 2.13. The molecule has 3 nitrogen and oxygen atoms in total. The van der Waals surface area contributed by atoms with Crippen LogP contribution in [-0.4, -0.2) is 14.5 Å². The Morgan fingerprint density at radius 3 is 2.76 bits per heavy atom. The van der Waals surface area contributed by atoms with E-state index in [1.165, 1.54) is 12.8 Å². The lowest BCUT2D eigenvalue weighted by Gasteiger charge is -2.34. The molecule has 1 fully saturated rings. The fourth-order valence-electron chi connectivity index (χ4n) is 3.62. The minimum atomic E-state index is -0.135. The fourth-order valence-corrected chi connectivity index (χ4v) is 3.92. The molecule has 0 bridgehead atoms. The summed E-state index contributed by atoms with van der Waals surface area (Å²) in [5.41, 5.74) is 1.75. The van der Waals surface area contributed by atoms with Gasteiger partial charge >= 0.3 is 0 Å². The molecule has 3 rings (SSSR count). The van der Waals surface area contributed by atoms with Crippen LogP contribution in [0.3, 0.4) is 0 Å². The number of halogens is 2. The van der Waals surface area contributed by atoms with E-state index >= 15 is 0 Å². The summed E-state index contributed by atoms with van der Waals surface area (Å²) in [5, 5.41) is 0.482. The Bertz CT molecular complexity index is 650. The highest BCUT2D eigenvalue weighted by Gasteiger charge is 2.31. The molecule has 5 heteroatoms. The van der Waals surface area contributed by atoms with Crippen LogP contribution in [0.2, 0.25) is 5.02 Å². The Hall–Kier alpha value is -0.800. The van der Waals surface area contributed by atoms with Crippen LogP contribution in [0.1, 0.15) is 57.3 Å². The summed E-state index contributed by atoms with van der Waals surface area (Å²) in [6.45, 7) is 6.63. The number of fused-ring (bicyclic) bond motifs is 1. The van der Waals surface area contributed by atoms with Crippen LogP contribution >= 0.6 is 23.2 Å². The summed E-state index contributed by atoms with van der Waals surface area (Å²) in [5.74, 6) is 2.32. The number of imidazole rings is 1. The monoisotopic (exact) mass is 325 g/mol. The molecule has 21 heavy (non-hydrogen) atoms. The van der Waals surface area contributed by atoms with Gasteiger partial charge in [-0.25, -0.2) is 9.97 Å². The highest BCUT2D eigenvalue weighted by molar-refractivity contribution is 6.31. The standard InChI is InChI=1S/C16H21Cl2N3/c1-9-4-5-14(10(2)6-9)21-15(11(3)17)20-13-7-12(18)8-19-16(13)21/h7-11,14H,4-6H2,1-3H3.